The number of nitrogens with zero attached hydrogens (tertiary/aromatic N) is 2. The number of piperidine rings is 1. The van der Waals surface area contributed by atoms with E-state index in [2.05, 4.69) is 10.3 Å². The van der Waals surface area contributed by atoms with Crippen LogP contribution in [0.5, 0.6) is 0 Å². The van der Waals surface area contributed by atoms with Crippen molar-refractivity contribution in [1.82, 2.24) is 10.3 Å². The van der Waals surface area contributed by atoms with Crippen molar-refractivity contribution < 1.29 is 18.0 Å². The third-order valence-electron chi connectivity index (χ3n) is 5.63. The van der Waals surface area contributed by atoms with E-state index in [-0.39, 0.29) is 28.5 Å². The van der Waals surface area contributed by atoms with Gasteiger partial charge < -0.3 is 10.2 Å². The zero-order chi connectivity index (χ0) is 21.1. The molecule has 7 heteroatoms. The number of nitrogens with one attached hydrogen (secondary N) is 1. The fourth-order valence-electron chi connectivity index (χ4n) is 3.99. The van der Waals surface area contributed by atoms with Crippen LogP contribution in [-0.4, -0.2) is 30.5 Å². The first kappa shape index (κ1) is 20.2. The Morgan fingerprint density at radius 2 is 1.73 bits per heavy atom. The predicted octanol–water partition coefficient (Wildman–Crippen LogP) is 4.23. The second-order valence-electron chi connectivity index (χ2n) is 7.48. The van der Waals surface area contributed by atoms with Crippen molar-refractivity contribution in [3.63, 3.8) is 0 Å². The van der Waals surface area contributed by atoms with E-state index in [1.165, 1.54) is 12.3 Å². The summed E-state index contributed by atoms with van der Waals surface area (Å²) in [5.74, 6) is -1.55. The third kappa shape index (κ3) is 4.10. The quantitative estimate of drug-likeness (QED) is 0.681. The van der Waals surface area contributed by atoms with Crippen molar-refractivity contribution in [2.24, 2.45) is 5.92 Å². The Morgan fingerprint density at radius 3 is 2.50 bits per heavy atom. The molecular weight excluding hydrogens is 391 g/mol. The largest absolute Gasteiger partial charge is 0.371 e. The van der Waals surface area contributed by atoms with Gasteiger partial charge in [-0.25, -0.2) is 13.2 Å². The maximum atomic E-state index is 14.4. The van der Waals surface area contributed by atoms with E-state index in [1.54, 1.807) is 24.3 Å². The van der Waals surface area contributed by atoms with Gasteiger partial charge in [0.15, 0.2) is 0 Å². The molecule has 30 heavy (non-hydrogen) atoms. The average Bonchev–Trinajstić information content (AvgIpc) is 2.77. The summed E-state index contributed by atoms with van der Waals surface area (Å²) in [6.07, 6.45) is 3.12. The number of rotatable bonds is 5. The monoisotopic (exact) mass is 413 g/mol. The van der Waals surface area contributed by atoms with Crippen LogP contribution in [0.1, 0.15) is 18.4 Å². The summed E-state index contributed by atoms with van der Waals surface area (Å²) in [6.45, 7) is 1.49. The molecule has 2 aromatic carbocycles. The second-order valence-corrected chi connectivity index (χ2v) is 7.48. The summed E-state index contributed by atoms with van der Waals surface area (Å²) in [7, 11) is 0. The molecule has 1 aromatic heterocycles. The fraction of sp³-hybridized carbons (Fsp3) is 0.304. The molecule has 0 unspecified atom stereocenters. The van der Waals surface area contributed by atoms with Crippen molar-refractivity contribution in [3.05, 3.63) is 71.7 Å². The molecule has 1 saturated heterocycles. The molecule has 0 aliphatic carbocycles. The summed E-state index contributed by atoms with van der Waals surface area (Å²) < 4.78 is 42.1. The molecule has 0 saturated carbocycles. The van der Waals surface area contributed by atoms with E-state index in [0.717, 1.165) is 12.1 Å². The number of fused-ring (bicyclic) bond motifs is 1. The molecule has 1 N–H and O–H groups in total. The molecule has 0 spiro atoms. The van der Waals surface area contributed by atoms with Crippen LogP contribution in [0, 0.1) is 23.4 Å². The van der Waals surface area contributed by atoms with Crippen LogP contribution in [0.4, 0.5) is 18.9 Å². The Labute approximate surface area is 172 Å². The van der Waals surface area contributed by atoms with Gasteiger partial charge in [0, 0.05) is 31.7 Å². The lowest BCUT2D eigenvalue weighted by Crippen LogP contribution is -2.41. The SMILES string of the molecule is O=C(NCCc1ccccc1F)C1CCN(c2ccnc3c(F)ccc(F)c23)CC1. The van der Waals surface area contributed by atoms with E-state index < -0.39 is 11.6 Å². The highest BCUT2D eigenvalue weighted by Crippen LogP contribution is 2.32. The van der Waals surface area contributed by atoms with Crippen LogP contribution in [0.2, 0.25) is 0 Å². The first-order valence-electron chi connectivity index (χ1n) is 10.0. The molecule has 4 rings (SSSR count). The minimum absolute atomic E-state index is 0.0144. The number of hydrogen-bond acceptors (Lipinski definition) is 3. The Balaban J connectivity index is 1.36. The molecule has 3 aromatic rings. The van der Waals surface area contributed by atoms with Crippen LogP contribution in [0.15, 0.2) is 48.7 Å². The number of hydrogen-bond donors (Lipinski definition) is 1. The minimum Gasteiger partial charge on any atom is -0.371 e. The lowest BCUT2D eigenvalue weighted by Gasteiger charge is -2.33. The van der Waals surface area contributed by atoms with Gasteiger partial charge in [-0.15, -0.1) is 0 Å². The summed E-state index contributed by atoms with van der Waals surface area (Å²) in [5, 5.41) is 3.06. The predicted molar refractivity (Wildman–Crippen MR) is 110 cm³/mol. The number of halogens is 3. The number of benzene rings is 2. The molecule has 1 fully saturated rings. The standard InChI is InChI=1S/C23H22F3N3O/c24-17-4-2-1-3-15(17)7-11-28-23(30)16-9-13-29(14-10-16)20-8-12-27-22-19(26)6-5-18(25)21(20)22/h1-6,8,12,16H,7,9-11,13-14H2,(H,28,30). The van der Waals surface area contributed by atoms with E-state index in [9.17, 15) is 18.0 Å². The highest BCUT2D eigenvalue weighted by atomic mass is 19.1. The van der Waals surface area contributed by atoms with Crippen molar-refractivity contribution in [2.45, 2.75) is 19.3 Å². The highest BCUT2D eigenvalue weighted by molar-refractivity contribution is 5.92. The van der Waals surface area contributed by atoms with Gasteiger partial charge in [-0.2, -0.15) is 0 Å². The normalized spacial score (nSPS) is 14.8. The molecule has 156 valence electrons. The van der Waals surface area contributed by atoms with Crippen LogP contribution in [0.3, 0.4) is 0 Å². The molecule has 1 amide bonds. The first-order valence-corrected chi connectivity index (χ1v) is 10.0. The van der Waals surface area contributed by atoms with Crippen LogP contribution < -0.4 is 10.2 Å². The Bertz CT molecular complexity index is 1060. The number of carbonyl (C=O) groups is 1. The van der Waals surface area contributed by atoms with Crippen molar-refractivity contribution >= 4 is 22.5 Å². The van der Waals surface area contributed by atoms with E-state index in [0.29, 0.717) is 50.1 Å². The zero-order valence-electron chi connectivity index (χ0n) is 16.4. The molecule has 0 bridgehead atoms. The molecule has 1 aliphatic rings. The minimum atomic E-state index is -0.558. The Kier molecular flexibility index (Phi) is 5.88. The van der Waals surface area contributed by atoms with E-state index in [1.807, 2.05) is 4.90 Å². The molecular formula is C23H22F3N3O. The molecule has 4 nitrogen and oxygen atoms in total. The van der Waals surface area contributed by atoms with E-state index >= 15 is 0 Å². The molecule has 2 heterocycles. The third-order valence-corrected chi connectivity index (χ3v) is 5.63. The fourth-order valence-corrected chi connectivity index (χ4v) is 3.99. The Hall–Kier alpha value is -3.09. The van der Waals surface area contributed by atoms with Gasteiger partial charge in [-0.3, -0.25) is 9.78 Å². The molecule has 1 aliphatic heterocycles. The van der Waals surface area contributed by atoms with Crippen molar-refractivity contribution in [2.75, 3.05) is 24.5 Å². The van der Waals surface area contributed by atoms with Crippen molar-refractivity contribution in [3.8, 4) is 0 Å². The first-order chi connectivity index (χ1) is 14.5. The summed E-state index contributed by atoms with van der Waals surface area (Å²) in [5.41, 5.74) is 1.18. The van der Waals surface area contributed by atoms with Gasteiger partial charge in [-0.1, -0.05) is 18.2 Å². The summed E-state index contributed by atoms with van der Waals surface area (Å²) in [4.78, 5) is 18.4. The zero-order valence-corrected chi connectivity index (χ0v) is 16.4. The average molecular weight is 413 g/mol. The van der Waals surface area contributed by atoms with Crippen LogP contribution in [0.25, 0.3) is 10.9 Å². The van der Waals surface area contributed by atoms with Gasteiger partial charge in [-0.05, 0) is 49.1 Å². The highest BCUT2D eigenvalue weighted by Gasteiger charge is 2.26. The van der Waals surface area contributed by atoms with Gasteiger partial charge in [0.25, 0.3) is 0 Å². The number of carbonyl (C=O) groups excluding carboxylic acids is 1. The molecule has 0 radical (unpaired) electrons. The van der Waals surface area contributed by atoms with E-state index in [4.69, 9.17) is 0 Å². The van der Waals surface area contributed by atoms with Crippen LogP contribution in [-0.2, 0) is 11.2 Å². The summed E-state index contributed by atoms with van der Waals surface area (Å²) in [6, 6.07) is 10.4. The van der Waals surface area contributed by atoms with Gasteiger partial charge in [0.2, 0.25) is 5.91 Å². The number of aromatic nitrogens is 1. The Morgan fingerprint density at radius 1 is 1.00 bits per heavy atom. The second kappa shape index (κ2) is 8.73. The summed E-state index contributed by atoms with van der Waals surface area (Å²) >= 11 is 0. The van der Waals surface area contributed by atoms with Gasteiger partial charge >= 0.3 is 0 Å². The lowest BCUT2D eigenvalue weighted by molar-refractivity contribution is -0.125. The van der Waals surface area contributed by atoms with Gasteiger partial charge in [0.05, 0.1) is 11.1 Å². The smallest absolute Gasteiger partial charge is 0.223 e. The molecule has 0 atom stereocenters. The van der Waals surface area contributed by atoms with Crippen molar-refractivity contribution in [1.29, 1.82) is 0 Å². The maximum Gasteiger partial charge on any atom is 0.223 e. The van der Waals surface area contributed by atoms with Gasteiger partial charge in [0.1, 0.15) is 23.0 Å². The lowest BCUT2D eigenvalue weighted by atomic mass is 9.95. The number of anilines is 1. The topological polar surface area (TPSA) is 45.2 Å². The maximum absolute atomic E-state index is 14.4. The van der Waals surface area contributed by atoms with Crippen LogP contribution >= 0.6 is 0 Å². The number of pyridine rings is 1. The number of amides is 1.